The van der Waals surface area contributed by atoms with E-state index in [-0.39, 0.29) is 0 Å². The second-order valence-corrected chi connectivity index (χ2v) is 3.68. The highest BCUT2D eigenvalue weighted by Crippen LogP contribution is 2.30. The third-order valence-electron chi connectivity index (χ3n) is 2.48. The molecule has 13 heavy (non-hydrogen) atoms. The average Bonchev–Trinajstić information content (AvgIpc) is 2.46. The zero-order chi connectivity index (χ0) is 9.42. The highest BCUT2D eigenvalue weighted by atomic mass is 16.3. The fourth-order valence-corrected chi connectivity index (χ4v) is 1.51. The van der Waals surface area contributed by atoms with Crippen LogP contribution in [0.3, 0.4) is 0 Å². The molecule has 1 fully saturated rings. The molecule has 0 bridgehead atoms. The Balaban J connectivity index is 2.06. The van der Waals surface area contributed by atoms with Crippen LogP contribution in [0.4, 0.5) is 0 Å². The number of nitrogens with two attached hydrogens (primary N) is 1. The van der Waals surface area contributed by atoms with Crippen LogP contribution in [0.15, 0.2) is 6.20 Å². The lowest BCUT2D eigenvalue weighted by Gasteiger charge is -2.31. The van der Waals surface area contributed by atoms with E-state index >= 15 is 0 Å². The predicted octanol–water partition coefficient (Wildman–Crippen LogP) is -0.00640. The normalized spacial score (nSPS) is 29.8. The Morgan fingerprint density at radius 3 is 2.85 bits per heavy atom. The maximum Gasteiger partial charge on any atom is 0.111 e. The fraction of sp³-hybridized carbons (Fsp3) is 0.750. The third-order valence-corrected chi connectivity index (χ3v) is 2.48. The van der Waals surface area contributed by atoms with Crippen molar-refractivity contribution in [3.8, 4) is 0 Å². The summed E-state index contributed by atoms with van der Waals surface area (Å²) in [4.78, 5) is 0. The van der Waals surface area contributed by atoms with Gasteiger partial charge in [-0.3, -0.25) is 0 Å². The summed E-state index contributed by atoms with van der Waals surface area (Å²) in [5.74, 6) is 0. The van der Waals surface area contributed by atoms with Gasteiger partial charge in [0.15, 0.2) is 0 Å². The zero-order valence-corrected chi connectivity index (χ0v) is 7.59. The lowest BCUT2D eigenvalue weighted by Crippen LogP contribution is -2.37. The second-order valence-electron chi connectivity index (χ2n) is 3.68. The number of hydrogen-bond donors (Lipinski definition) is 2. The highest BCUT2D eigenvalue weighted by molar-refractivity contribution is 4.98. The minimum Gasteiger partial charge on any atom is -0.387 e. The molecule has 1 atom stereocenters. The summed E-state index contributed by atoms with van der Waals surface area (Å²) in [6.07, 6.45) is 3.18. The molecule has 0 spiro atoms. The van der Waals surface area contributed by atoms with Crippen LogP contribution in [0.25, 0.3) is 0 Å². The molecule has 5 heteroatoms. The van der Waals surface area contributed by atoms with Gasteiger partial charge in [-0.05, 0) is 19.8 Å². The number of aromatic nitrogens is 3. The first-order valence-electron chi connectivity index (χ1n) is 4.52. The van der Waals surface area contributed by atoms with Gasteiger partial charge in [0.05, 0.1) is 18.3 Å². The van der Waals surface area contributed by atoms with Crippen molar-refractivity contribution in [1.29, 1.82) is 0 Å². The van der Waals surface area contributed by atoms with E-state index in [9.17, 15) is 5.11 Å². The van der Waals surface area contributed by atoms with Gasteiger partial charge >= 0.3 is 0 Å². The van der Waals surface area contributed by atoms with Crippen molar-refractivity contribution in [1.82, 2.24) is 15.0 Å². The molecule has 0 aliphatic heterocycles. The molecule has 0 aromatic carbocycles. The van der Waals surface area contributed by atoms with E-state index in [4.69, 9.17) is 5.73 Å². The van der Waals surface area contributed by atoms with E-state index in [0.717, 1.165) is 12.8 Å². The van der Waals surface area contributed by atoms with Crippen molar-refractivity contribution in [3.63, 3.8) is 0 Å². The Bertz CT molecular complexity index is 290. The topological polar surface area (TPSA) is 77.0 Å². The van der Waals surface area contributed by atoms with E-state index in [0.29, 0.717) is 17.8 Å². The molecule has 0 amide bonds. The Labute approximate surface area is 76.5 Å². The molecule has 0 saturated heterocycles. The molecule has 1 aliphatic rings. The Morgan fingerprint density at radius 2 is 2.38 bits per heavy atom. The van der Waals surface area contributed by atoms with Crippen LogP contribution < -0.4 is 5.73 Å². The molecule has 5 nitrogen and oxygen atoms in total. The van der Waals surface area contributed by atoms with Crippen molar-refractivity contribution in [2.24, 2.45) is 5.73 Å². The molecule has 1 aliphatic carbocycles. The van der Waals surface area contributed by atoms with Crippen molar-refractivity contribution in [3.05, 3.63) is 11.9 Å². The quantitative estimate of drug-likeness (QED) is 0.674. The molecule has 1 heterocycles. The van der Waals surface area contributed by atoms with Crippen molar-refractivity contribution in [2.75, 3.05) is 0 Å². The lowest BCUT2D eigenvalue weighted by molar-refractivity contribution is 0.194. The van der Waals surface area contributed by atoms with E-state index in [1.54, 1.807) is 17.8 Å². The van der Waals surface area contributed by atoms with Crippen LogP contribution in [0.2, 0.25) is 0 Å². The van der Waals surface area contributed by atoms with Gasteiger partial charge in [-0.25, -0.2) is 4.68 Å². The number of aliphatic hydroxyl groups excluding tert-OH is 1. The second kappa shape index (κ2) is 3.08. The van der Waals surface area contributed by atoms with Crippen LogP contribution in [0, 0.1) is 0 Å². The molecule has 1 saturated carbocycles. The van der Waals surface area contributed by atoms with Gasteiger partial charge in [-0.1, -0.05) is 5.21 Å². The van der Waals surface area contributed by atoms with Gasteiger partial charge in [0, 0.05) is 6.04 Å². The number of hydrogen-bond acceptors (Lipinski definition) is 4. The van der Waals surface area contributed by atoms with E-state index in [1.165, 1.54) is 0 Å². The van der Waals surface area contributed by atoms with Gasteiger partial charge < -0.3 is 10.8 Å². The van der Waals surface area contributed by atoms with E-state index in [2.05, 4.69) is 10.3 Å². The minimum atomic E-state index is -0.539. The summed E-state index contributed by atoms with van der Waals surface area (Å²) >= 11 is 0. The van der Waals surface area contributed by atoms with Gasteiger partial charge in [0.2, 0.25) is 0 Å². The molecule has 2 rings (SSSR count). The van der Waals surface area contributed by atoms with Crippen molar-refractivity contribution in [2.45, 2.75) is 38.0 Å². The first kappa shape index (κ1) is 8.65. The van der Waals surface area contributed by atoms with Gasteiger partial charge in [0.25, 0.3) is 0 Å². The maximum absolute atomic E-state index is 9.22. The monoisotopic (exact) mass is 182 g/mol. The Morgan fingerprint density at radius 1 is 1.69 bits per heavy atom. The van der Waals surface area contributed by atoms with Crippen LogP contribution in [-0.2, 0) is 0 Å². The average molecular weight is 182 g/mol. The summed E-state index contributed by atoms with van der Waals surface area (Å²) in [6, 6.07) is 0.694. The van der Waals surface area contributed by atoms with Crippen molar-refractivity contribution < 1.29 is 5.11 Å². The van der Waals surface area contributed by atoms with E-state index in [1.807, 2.05) is 0 Å². The van der Waals surface area contributed by atoms with Crippen molar-refractivity contribution >= 4 is 0 Å². The zero-order valence-electron chi connectivity index (χ0n) is 7.59. The largest absolute Gasteiger partial charge is 0.387 e. The molecule has 0 radical (unpaired) electrons. The highest BCUT2D eigenvalue weighted by Gasteiger charge is 2.28. The van der Waals surface area contributed by atoms with Crippen LogP contribution in [-0.4, -0.2) is 26.1 Å². The minimum absolute atomic E-state index is 0.309. The van der Waals surface area contributed by atoms with Gasteiger partial charge in [-0.15, -0.1) is 5.10 Å². The molecule has 72 valence electrons. The number of nitrogens with zero attached hydrogens (tertiary/aromatic N) is 3. The summed E-state index contributed by atoms with van der Waals surface area (Å²) in [5, 5.41) is 17.0. The standard InChI is InChI=1S/C8H14N4O/c1-5(13)8-4-12(11-10-8)7-2-6(9)3-7/h4-7,13H,2-3,9H2,1H3/t5-,6-,7+/m1/s1. The van der Waals surface area contributed by atoms with E-state index < -0.39 is 6.10 Å². The summed E-state index contributed by atoms with van der Waals surface area (Å²) in [5.41, 5.74) is 6.29. The number of aliphatic hydroxyl groups is 1. The van der Waals surface area contributed by atoms with Crippen LogP contribution >= 0.6 is 0 Å². The Hall–Kier alpha value is -0.940. The molecule has 0 unspecified atom stereocenters. The molecule has 1 aromatic heterocycles. The maximum atomic E-state index is 9.22. The molecular formula is C8H14N4O. The van der Waals surface area contributed by atoms with Gasteiger partial charge in [0.1, 0.15) is 5.69 Å². The SMILES string of the molecule is C[C@@H](O)c1cn([C@H]2C[C@@H](N)C2)nn1. The number of rotatable bonds is 2. The van der Waals surface area contributed by atoms with Crippen LogP contribution in [0.1, 0.15) is 37.6 Å². The fourth-order valence-electron chi connectivity index (χ4n) is 1.51. The molecule has 1 aromatic rings. The first-order valence-corrected chi connectivity index (χ1v) is 4.52. The van der Waals surface area contributed by atoms with Crippen LogP contribution in [0.5, 0.6) is 0 Å². The van der Waals surface area contributed by atoms with Gasteiger partial charge in [-0.2, -0.15) is 0 Å². The summed E-state index contributed by atoms with van der Waals surface area (Å²) in [7, 11) is 0. The third kappa shape index (κ3) is 1.57. The Kier molecular flexibility index (Phi) is 2.05. The molecule has 3 N–H and O–H groups in total. The smallest absolute Gasteiger partial charge is 0.111 e. The predicted molar refractivity (Wildman–Crippen MR) is 46.9 cm³/mol. The summed E-state index contributed by atoms with van der Waals surface area (Å²) in [6.45, 7) is 1.68. The first-order chi connectivity index (χ1) is 6.16. The molecular weight excluding hydrogens is 168 g/mol. The lowest BCUT2D eigenvalue weighted by atomic mass is 9.88. The summed E-state index contributed by atoms with van der Waals surface area (Å²) < 4.78 is 1.80.